The van der Waals surface area contributed by atoms with E-state index in [2.05, 4.69) is 86.3 Å². The van der Waals surface area contributed by atoms with Crippen LogP contribution in [0.3, 0.4) is 0 Å². The summed E-state index contributed by atoms with van der Waals surface area (Å²) in [5.41, 5.74) is 5.00. The van der Waals surface area contributed by atoms with E-state index in [0.717, 1.165) is 40.5 Å². The number of hydrogen-bond donors (Lipinski definition) is 0. The Kier molecular flexibility index (Phi) is 5.89. The molecule has 0 fully saturated rings. The van der Waals surface area contributed by atoms with Gasteiger partial charge in [-0.3, -0.25) is 0 Å². The Hall–Kier alpha value is -3.07. The second kappa shape index (κ2) is 8.74. The van der Waals surface area contributed by atoms with Crippen molar-refractivity contribution in [2.24, 2.45) is 0 Å². The Morgan fingerprint density at radius 3 is 2.03 bits per heavy atom. The SMILES string of the molecule is CCCCCC(C)(C)c1nc2cc(N(c3ccccc3)c3ccccc3)ccc2o1. The molecule has 0 radical (unpaired) electrons. The lowest BCUT2D eigenvalue weighted by atomic mass is 9.87. The van der Waals surface area contributed by atoms with Gasteiger partial charge < -0.3 is 9.32 Å². The van der Waals surface area contributed by atoms with Crippen molar-refractivity contribution >= 4 is 28.2 Å². The van der Waals surface area contributed by atoms with Crippen molar-refractivity contribution < 1.29 is 4.42 Å². The number of aromatic nitrogens is 1. The minimum absolute atomic E-state index is 0.0626. The van der Waals surface area contributed by atoms with Crippen LogP contribution in [-0.4, -0.2) is 4.98 Å². The molecule has 3 heteroatoms. The Morgan fingerprint density at radius 1 is 0.800 bits per heavy atom. The average Bonchev–Trinajstić information content (AvgIpc) is 3.20. The van der Waals surface area contributed by atoms with Crippen molar-refractivity contribution in [3.05, 3.63) is 84.8 Å². The van der Waals surface area contributed by atoms with Crippen molar-refractivity contribution in [3.8, 4) is 0 Å². The highest BCUT2D eigenvalue weighted by atomic mass is 16.3. The molecule has 0 aliphatic heterocycles. The maximum atomic E-state index is 6.18. The normalized spacial score (nSPS) is 11.7. The van der Waals surface area contributed by atoms with E-state index in [1.54, 1.807) is 0 Å². The number of fused-ring (bicyclic) bond motifs is 1. The third-order valence-corrected chi connectivity index (χ3v) is 5.64. The highest BCUT2D eigenvalue weighted by molar-refractivity contribution is 5.84. The molecule has 0 saturated carbocycles. The van der Waals surface area contributed by atoms with Gasteiger partial charge in [-0.05, 0) is 48.9 Å². The third kappa shape index (κ3) is 4.25. The lowest BCUT2D eigenvalue weighted by Crippen LogP contribution is -2.17. The van der Waals surface area contributed by atoms with Gasteiger partial charge in [0.1, 0.15) is 5.52 Å². The zero-order chi connectivity index (χ0) is 21.0. The van der Waals surface area contributed by atoms with Gasteiger partial charge in [0.15, 0.2) is 5.58 Å². The second-order valence-corrected chi connectivity index (χ2v) is 8.52. The topological polar surface area (TPSA) is 29.3 Å². The molecule has 3 aromatic carbocycles. The summed E-state index contributed by atoms with van der Waals surface area (Å²) in [4.78, 5) is 7.15. The lowest BCUT2D eigenvalue weighted by Gasteiger charge is -2.25. The van der Waals surface area contributed by atoms with E-state index >= 15 is 0 Å². The van der Waals surface area contributed by atoms with Crippen molar-refractivity contribution in [1.82, 2.24) is 4.98 Å². The van der Waals surface area contributed by atoms with Crippen LogP contribution in [0.4, 0.5) is 17.1 Å². The van der Waals surface area contributed by atoms with Crippen molar-refractivity contribution in [1.29, 1.82) is 0 Å². The van der Waals surface area contributed by atoms with Crippen LogP contribution < -0.4 is 4.90 Å². The number of benzene rings is 3. The van der Waals surface area contributed by atoms with Crippen LogP contribution in [0.25, 0.3) is 11.1 Å². The molecule has 0 atom stereocenters. The van der Waals surface area contributed by atoms with E-state index < -0.39 is 0 Å². The zero-order valence-electron chi connectivity index (χ0n) is 18.1. The summed E-state index contributed by atoms with van der Waals surface area (Å²) in [5, 5.41) is 0. The largest absolute Gasteiger partial charge is 0.440 e. The first-order valence-electron chi connectivity index (χ1n) is 10.9. The second-order valence-electron chi connectivity index (χ2n) is 8.52. The molecule has 154 valence electrons. The molecule has 0 unspecified atom stereocenters. The quantitative estimate of drug-likeness (QED) is 0.280. The molecule has 0 saturated heterocycles. The summed E-state index contributed by atoms with van der Waals surface area (Å²) in [6.07, 6.45) is 4.75. The van der Waals surface area contributed by atoms with Gasteiger partial charge in [0, 0.05) is 22.5 Å². The molecule has 4 rings (SSSR count). The standard InChI is InChI=1S/C27H30N2O/c1-4-5-12-19-27(2,3)26-28-24-20-23(17-18-25(24)30-26)29(21-13-8-6-9-14-21)22-15-10-7-11-16-22/h6-11,13-18,20H,4-5,12,19H2,1-3H3. The Labute approximate surface area is 179 Å². The van der Waals surface area contributed by atoms with Crippen LogP contribution in [0, 0.1) is 0 Å². The lowest BCUT2D eigenvalue weighted by molar-refractivity contribution is 0.350. The Balaban J connectivity index is 1.72. The first-order valence-corrected chi connectivity index (χ1v) is 10.9. The van der Waals surface area contributed by atoms with Gasteiger partial charge in [0.2, 0.25) is 5.89 Å². The molecule has 1 aromatic heterocycles. The van der Waals surface area contributed by atoms with Gasteiger partial charge in [0.05, 0.1) is 0 Å². The Morgan fingerprint density at radius 2 is 1.43 bits per heavy atom. The monoisotopic (exact) mass is 398 g/mol. The molecule has 0 aliphatic rings. The molecular weight excluding hydrogens is 368 g/mol. The number of rotatable bonds is 8. The minimum atomic E-state index is -0.0626. The van der Waals surface area contributed by atoms with Crippen molar-refractivity contribution in [2.45, 2.75) is 51.9 Å². The van der Waals surface area contributed by atoms with E-state index in [1.165, 1.54) is 19.3 Å². The third-order valence-electron chi connectivity index (χ3n) is 5.64. The number of nitrogens with zero attached hydrogens (tertiary/aromatic N) is 2. The van der Waals surface area contributed by atoms with Gasteiger partial charge >= 0.3 is 0 Å². The van der Waals surface area contributed by atoms with Crippen LogP contribution >= 0.6 is 0 Å². The number of oxazole rings is 1. The van der Waals surface area contributed by atoms with Crippen LogP contribution in [0.5, 0.6) is 0 Å². The first kappa shape index (κ1) is 20.2. The van der Waals surface area contributed by atoms with Gasteiger partial charge in [-0.15, -0.1) is 0 Å². The van der Waals surface area contributed by atoms with Gasteiger partial charge in [-0.1, -0.05) is 76.4 Å². The molecule has 30 heavy (non-hydrogen) atoms. The van der Waals surface area contributed by atoms with Crippen molar-refractivity contribution in [3.63, 3.8) is 0 Å². The molecule has 0 aliphatic carbocycles. The summed E-state index contributed by atoms with van der Waals surface area (Å²) in [5.74, 6) is 0.830. The summed E-state index contributed by atoms with van der Waals surface area (Å²) >= 11 is 0. The predicted molar refractivity (Wildman–Crippen MR) is 126 cm³/mol. The average molecular weight is 399 g/mol. The fourth-order valence-electron chi connectivity index (χ4n) is 3.87. The highest BCUT2D eigenvalue weighted by Crippen LogP contribution is 2.37. The van der Waals surface area contributed by atoms with E-state index in [0.29, 0.717) is 0 Å². The molecule has 4 aromatic rings. The van der Waals surface area contributed by atoms with Crippen LogP contribution in [-0.2, 0) is 5.41 Å². The van der Waals surface area contributed by atoms with E-state index in [4.69, 9.17) is 9.40 Å². The number of anilines is 3. The van der Waals surface area contributed by atoms with E-state index in [-0.39, 0.29) is 5.41 Å². The van der Waals surface area contributed by atoms with Gasteiger partial charge in [-0.25, -0.2) is 4.98 Å². The van der Waals surface area contributed by atoms with E-state index in [9.17, 15) is 0 Å². The maximum Gasteiger partial charge on any atom is 0.201 e. The van der Waals surface area contributed by atoms with Gasteiger partial charge in [0.25, 0.3) is 0 Å². The first-order chi connectivity index (χ1) is 14.6. The minimum Gasteiger partial charge on any atom is -0.440 e. The highest BCUT2D eigenvalue weighted by Gasteiger charge is 2.26. The fourth-order valence-corrected chi connectivity index (χ4v) is 3.87. The van der Waals surface area contributed by atoms with Crippen LogP contribution in [0.1, 0.15) is 52.3 Å². The molecular formula is C27H30N2O. The summed E-state index contributed by atoms with van der Waals surface area (Å²) in [6, 6.07) is 27.1. The zero-order valence-corrected chi connectivity index (χ0v) is 18.1. The van der Waals surface area contributed by atoms with Crippen LogP contribution in [0.2, 0.25) is 0 Å². The van der Waals surface area contributed by atoms with Crippen molar-refractivity contribution in [2.75, 3.05) is 4.90 Å². The molecule has 1 heterocycles. The molecule has 0 amide bonds. The number of para-hydroxylation sites is 2. The maximum absolute atomic E-state index is 6.18. The molecule has 0 bridgehead atoms. The number of unbranched alkanes of at least 4 members (excludes halogenated alkanes) is 2. The summed E-state index contributed by atoms with van der Waals surface area (Å²) < 4.78 is 6.18. The van der Waals surface area contributed by atoms with E-state index in [1.807, 2.05) is 18.2 Å². The smallest absolute Gasteiger partial charge is 0.201 e. The number of hydrogen-bond acceptors (Lipinski definition) is 3. The molecule has 0 N–H and O–H groups in total. The fraction of sp³-hybridized carbons (Fsp3) is 0.296. The predicted octanol–water partition coefficient (Wildman–Crippen LogP) is 8.16. The Bertz CT molecular complexity index is 1040. The van der Waals surface area contributed by atoms with Crippen LogP contribution in [0.15, 0.2) is 83.3 Å². The van der Waals surface area contributed by atoms with Gasteiger partial charge in [-0.2, -0.15) is 0 Å². The summed E-state index contributed by atoms with van der Waals surface area (Å²) in [7, 11) is 0. The molecule has 3 nitrogen and oxygen atoms in total. The molecule has 0 spiro atoms. The summed E-state index contributed by atoms with van der Waals surface area (Å²) in [6.45, 7) is 6.70.